The lowest BCUT2D eigenvalue weighted by Gasteiger charge is -2.40. The number of hydrogen-bond donors (Lipinski definition) is 0. The van der Waals surface area contributed by atoms with E-state index in [-0.39, 0.29) is 0 Å². The predicted molar refractivity (Wildman–Crippen MR) is 104 cm³/mol. The highest BCUT2D eigenvalue weighted by atomic mass is 35.5. The maximum atomic E-state index is 6.39. The highest BCUT2D eigenvalue weighted by molar-refractivity contribution is 6.31. The van der Waals surface area contributed by atoms with Crippen molar-refractivity contribution in [3.8, 4) is 0 Å². The molecule has 1 saturated heterocycles. The van der Waals surface area contributed by atoms with Gasteiger partial charge < -0.3 is 9.80 Å². The summed E-state index contributed by atoms with van der Waals surface area (Å²) in [4.78, 5) is 4.88. The monoisotopic (exact) mass is 354 g/mol. The molecule has 1 aromatic carbocycles. The average molecular weight is 355 g/mol. The Hall–Kier alpha value is -1.75. The first-order valence-corrected chi connectivity index (χ1v) is 9.49. The minimum Gasteiger partial charge on any atom is -0.339 e. The fraction of sp³-hybridized carbons (Fsp3) is 0.400. The molecule has 130 valence electrons. The second kappa shape index (κ2) is 5.90. The van der Waals surface area contributed by atoms with Crippen molar-refractivity contribution in [2.24, 2.45) is 0 Å². The molecule has 0 unspecified atom stereocenters. The first kappa shape index (κ1) is 15.5. The molecule has 0 amide bonds. The molecular weight excluding hydrogens is 332 g/mol. The van der Waals surface area contributed by atoms with E-state index in [4.69, 9.17) is 11.6 Å². The van der Waals surface area contributed by atoms with Gasteiger partial charge in [-0.1, -0.05) is 23.8 Å². The zero-order valence-electron chi connectivity index (χ0n) is 14.6. The second-order valence-corrected chi connectivity index (χ2v) is 7.72. The third-order valence-electron chi connectivity index (χ3n) is 5.70. The lowest BCUT2D eigenvalue weighted by molar-refractivity contribution is 0.153. The van der Waals surface area contributed by atoms with Crippen LogP contribution in [0, 0.1) is 0 Å². The van der Waals surface area contributed by atoms with Gasteiger partial charge in [-0.3, -0.25) is 5.01 Å². The topological polar surface area (TPSA) is 13.0 Å². The number of rotatable bonds is 1. The van der Waals surface area contributed by atoms with E-state index in [1.54, 1.807) is 5.57 Å². The number of fused-ring (bicyclic) bond motifs is 2. The van der Waals surface area contributed by atoms with Crippen LogP contribution in [0.2, 0.25) is 5.02 Å². The van der Waals surface area contributed by atoms with Crippen molar-refractivity contribution in [2.75, 3.05) is 49.7 Å². The van der Waals surface area contributed by atoms with Gasteiger partial charge in [0.15, 0.2) is 0 Å². The molecule has 3 aliphatic heterocycles. The summed E-state index contributed by atoms with van der Waals surface area (Å²) in [6.07, 6.45) is 9.15. The molecule has 1 aromatic rings. The maximum absolute atomic E-state index is 6.39. The van der Waals surface area contributed by atoms with Gasteiger partial charge in [-0.05, 0) is 43.7 Å². The number of allylic oxidation sites excluding steroid dienone is 2. The van der Waals surface area contributed by atoms with E-state index in [1.807, 2.05) is 6.07 Å². The van der Waals surface area contributed by atoms with Gasteiger partial charge in [0.05, 0.1) is 11.4 Å². The quantitative estimate of drug-likeness (QED) is 0.763. The number of hydrogen-bond acceptors (Lipinski definition) is 4. The van der Waals surface area contributed by atoms with Crippen molar-refractivity contribution in [1.82, 2.24) is 9.91 Å². The van der Waals surface area contributed by atoms with Crippen molar-refractivity contribution in [3.05, 3.63) is 58.4 Å². The van der Waals surface area contributed by atoms with Crippen molar-refractivity contribution < 1.29 is 0 Å². The number of anilines is 2. The summed E-state index contributed by atoms with van der Waals surface area (Å²) in [5.41, 5.74) is 6.78. The van der Waals surface area contributed by atoms with Crippen LogP contribution in [0.15, 0.2) is 53.4 Å². The van der Waals surface area contributed by atoms with Crippen LogP contribution in [0.3, 0.4) is 0 Å². The lowest BCUT2D eigenvalue weighted by Crippen LogP contribution is -2.51. The van der Waals surface area contributed by atoms with Crippen molar-refractivity contribution >= 4 is 23.0 Å². The fourth-order valence-electron chi connectivity index (χ4n) is 4.33. The van der Waals surface area contributed by atoms with E-state index in [0.717, 1.165) is 50.6 Å². The Morgan fingerprint density at radius 1 is 1.00 bits per heavy atom. The third kappa shape index (κ3) is 2.51. The van der Waals surface area contributed by atoms with Crippen LogP contribution in [0.4, 0.5) is 11.4 Å². The third-order valence-corrected chi connectivity index (χ3v) is 5.93. The van der Waals surface area contributed by atoms with Gasteiger partial charge in [0.1, 0.15) is 0 Å². The minimum absolute atomic E-state index is 0.796. The minimum atomic E-state index is 0.796. The Balaban J connectivity index is 1.66. The summed E-state index contributed by atoms with van der Waals surface area (Å²) in [7, 11) is 2.19. The number of piperazine rings is 1. The normalized spacial score (nSPS) is 23.5. The zero-order chi connectivity index (χ0) is 17.0. The molecule has 0 saturated carbocycles. The summed E-state index contributed by atoms with van der Waals surface area (Å²) in [5.74, 6) is 0. The Kier molecular flexibility index (Phi) is 3.66. The molecular formula is C20H23ClN4. The highest BCUT2D eigenvalue weighted by Gasteiger charge is 2.34. The number of nitrogens with zero attached hydrogens (tertiary/aromatic N) is 4. The Labute approximate surface area is 154 Å². The number of benzene rings is 1. The van der Waals surface area contributed by atoms with Gasteiger partial charge in [0.2, 0.25) is 0 Å². The van der Waals surface area contributed by atoms with Crippen LogP contribution < -0.4 is 9.91 Å². The molecule has 5 heteroatoms. The van der Waals surface area contributed by atoms with Crippen molar-refractivity contribution in [1.29, 1.82) is 0 Å². The number of likely N-dealkylation sites (N-methyl/N-ethyl adjacent to an activating group) is 1. The second-order valence-electron chi connectivity index (χ2n) is 7.28. The van der Waals surface area contributed by atoms with E-state index < -0.39 is 0 Å². The molecule has 0 bridgehead atoms. The fourth-order valence-corrected chi connectivity index (χ4v) is 4.50. The smallest absolute Gasteiger partial charge is 0.0825 e. The van der Waals surface area contributed by atoms with Crippen LogP contribution in [0.25, 0.3) is 0 Å². The first-order chi connectivity index (χ1) is 12.2. The molecule has 0 atom stereocenters. The van der Waals surface area contributed by atoms with Gasteiger partial charge >= 0.3 is 0 Å². The zero-order valence-corrected chi connectivity index (χ0v) is 15.3. The summed E-state index contributed by atoms with van der Waals surface area (Å²) in [5, 5.41) is 5.60. The maximum Gasteiger partial charge on any atom is 0.0825 e. The van der Waals surface area contributed by atoms with Gasteiger partial charge in [0, 0.05) is 55.2 Å². The number of halogens is 1. The Morgan fingerprint density at radius 2 is 1.84 bits per heavy atom. The Bertz CT molecular complexity index is 802. The Morgan fingerprint density at radius 3 is 2.68 bits per heavy atom. The van der Waals surface area contributed by atoms with E-state index in [1.165, 1.54) is 22.6 Å². The average Bonchev–Trinajstić information content (AvgIpc) is 2.99. The van der Waals surface area contributed by atoms with Gasteiger partial charge in [-0.25, -0.2) is 5.01 Å². The summed E-state index contributed by atoms with van der Waals surface area (Å²) in [6.45, 7) is 5.30. The largest absolute Gasteiger partial charge is 0.339 e. The van der Waals surface area contributed by atoms with Gasteiger partial charge in [-0.15, -0.1) is 0 Å². The molecule has 0 aromatic heterocycles. The van der Waals surface area contributed by atoms with Gasteiger partial charge in [-0.2, -0.15) is 0 Å². The van der Waals surface area contributed by atoms with E-state index in [9.17, 15) is 0 Å². The van der Waals surface area contributed by atoms with E-state index in [2.05, 4.69) is 57.4 Å². The summed E-state index contributed by atoms with van der Waals surface area (Å²) in [6, 6.07) is 6.32. The van der Waals surface area contributed by atoms with Crippen LogP contribution in [0.1, 0.15) is 12.8 Å². The molecule has 5 rings (SSSR count). The number of hydrazine groups is 1. The van der Waals surface area contributed by atoms with Crippen molar-refractivity contribution in [3.63, 3.8) is 0 Å². The first-order valence-electron chi connectivity index (χ1n) is 9.11. The molecule has 0 N–H and O–H groups in total. The molecule has 0 spiro atoms. The van der Waals surface area contributed by atoms with Crippen LogP contribution in [-0.2, 0) is 0 Å². The molecule has 1 aliphatic carbocycles. The summed E-state index contributed by atoms with van der Waals surface area (Å²) < 4.78 is 0. The molecule has 4 nitrogen and oxygen atoms in total. The van der Waals surface area contributed by atoms with Crippen LogP contribution in [0.5, 0.6) is 0 Å². The van der Waals surface area contributed by atoms with Gasteiger partial charge in [0.25, 0.3) is 0 Å². The summed E-state index contributed by atoms with van der Waals surface area (Å²) >= 11 is 6.39. The van der Waals surface area contributed by atoms with E-state index >= 15 is 0 Å². The van der Waals surface area contributed by atoms with E-state index in [0.29, 0.717) is 0 Å². The van der Waals surface area contributed by atoms with Crippen molar-refractivity contribution in [2.45, 2.75) is 12.8 Å². The highest BCUT2D eigenvalue weighted by Crippen LogP contribution is 2.45. The predicted octanol–water partition coefficient (Wildman–Crippen LogP) is 3.63. The molecule has 0 radical (unpaired) electrons. The molecule has 4 aliphatic rings. The molecule has 1 fully saturated rings. The van der Waals surface area contributed by atoms with Crippen LogP contribution in [-0.4, -0.2) is 49.7 Å². The standard InChI is InChI=1S/C20H23ClN4/c1-22-9-11-23(12-10-22)25-14-16-4-2-3-15-7-8-24(20(15)16)18-6-5-17(21)13-19(18)25/h2,4-6,13-14H,3,7-12H2,1H3. The van der Waals surface area contributed by atoms with Crippen LogP contribution >= 0.6 is 11.6 Å². The molecule has 3 heterocycles. The SMILES string of the molecule is CN1CCN(N2C=C3C=CCC4=C3N(CC4)c3ccc(Cl)cc32)CC1. The molecule has 25 heavy (non-hydrogen) atoms. The lowest BCUT2D eigenvalue weighted by atomic mass is 9.99.